The molecule has 1 aromatic rings. The van der Waals surface area contributed by atoms with Gasteiger partial charge in [-0.1, -0.05) is 19.9 Å². The Kier molecular flexibility index (Phi) is 8.01. The number of carbonyl (C=O) groups excluding carboxylic acids is 2. The first-order chi connectivity index (χ1) is 13.8. The second-order valence-corrected chi connectivity index (χ2v) is 7.28. The number of ether oxygens (including phenoxy) is 1. The smallest absolute Gasteiger partial charge is 0.318 e. The molecule has 7 nitrogen and oxygen atoms in total. The summed E-state index contributed by atoms with van der Waals surface area (Å²) in [5.74, 6) is 0.0660. The molecule has 1 aliphatic rings. The molecule has 0 saturated carbocycles. The van der Waals surface area contributed by atoms with E-state index in [-0.39, 0.29) is 30.2 Å². The number of nitriles is 1. The Morgan fingerprint density at radius 1 is 1.38 bits per heavy atom. The third kappa shape index (κ3) is 6.21. The Morgan fingerprint density at radius 3 is 2.72 bits per heavy atom. The van der Waals surface area contributed by atoms with Crippen molar-refractivity contribution < 1.29 is 18.7 Å². The summed E-state index contributed by atoms with van der Waals surface area (Å²) in [5, 5.41) is 13.9. The molecule has 0 spiro atoms. The predicted octanol–water partition coefficient (Wildman–Crippen LogP) is 2.69. The second kappa shape index (κ2) is 10.5. The fraction of sp³-hybridized carbons (Fsp3) is 0.476. The van der Waals surface area contributed by atoms with E-state index in [1.165, 1.54) is 19.2 Å². The third-order valence-electron chi connectivity index (χ3n) is 4.67. The molecule has 0 saturated heterocycles. The van der Waals surface area contributed by atoms with Crippen molar-refractivity contribution in [1.29, 1.82) is 5.26 Å². The van der Waals surface area contributed by atoms with Gasteiger partial charge in [0.1, 0.15) is 24.2 Å². The lowest BCUT2D eigenvalue weighted by Gasteiger charge is -2.29. The molecule has 29 heavy (non-hydrogen) atoms. The average molecular weight is 402 g/mol. The zero-order valence-corrected chi connectivity index (χ0v) is 17.0. The third-order valence-corrected chi connectivity index (χ3v) is 4.67. The highest BCUT2D eigenvalue weighted by molar-refractivity contribution is 5.87. The molecular weight excluding hydrogens is 375 g/mol. The van der Waals surface area contributed by atoms with Crippen molar-refractivity contribution in [3.63, 3.8) is 0 Å². The number of nitrogens with one attached hydrogen (secondary N) is 2. The molecule has 0 bridgehead atoms. The van der Waals surface area contributed by atoms with Crippen LogP contribution in [0.1, 0.15) is 32.3 Å². The van der Waals surface area contributed by atoms with Crippen LogP contribution in [0.4, 0.5) is 9.18 Å². The summed E-state index contributed by atoms with van der Waals surface area (Å²) in [6, 6.07) is 5.17. The molecule has 0 aliphatic carbocycles. The number of halogens is 1. The Bertz CT molecular complexity index is 817. The molecule has 1 atom stereocenters. The Morgan fingerprint density at radius 2 is 2.14 bits per heavy atom. The van der Waals surface area contributed by atoms with Gasteiger partial charge in [-0.2, -0.15) is 5.26 Å². The van der Waals surface area contributed by atoms with Crippen LogP contribution in [0.2, 0.25) is 0 Å². The van der Waals surface area contributed by atoms with Gasteiger partial charge in [-0.3, -0.25) is 4.79 Å². The van der Waals surface area contributed by atoms with E-state index in [0.717, 1.165) is 5.57 Å². The van der Waals surface area contributed by atoms with Gasteiger partial charge in [-0.15, -0.1) is 0 Å². The van der Waals surface area contributed by atoms with E-state index in [2.05, 4.69) is 10.6 Å². The summed E-state index contributed by atoms with van der Waals surface area (Å²) in [4.78, 5) is 26.5. The maximum absolute atomic E-state index is 13.6. The van der Waals surface area contributed by atoms with Gasteiger partial charge < -0.3 is 20.3 Å². The number of benzene rings is 1. The van der Waals surface area contributed by atoms with Gasteiger partial charge >= 0.3 is 6.03 Å². The van der Waals surface area contributed by atoms with Crippen molar-refractivity contribution in [2.45, 2.75) is 32.7 Å². The van der Waals surface area contributed by atoms with Gasteiger partial charge in [0, 0.05) is 18.7 Å². The van der Waals surface area contributed by atoms with Gasteiger partial charge in [0.05, 0.1) is 13.2 Å². The van der Waals surface area contributed by atoms with Crippen LogP contribution < -0.4 is 15.4 Å². The van der Waals surface area contributed by atoms with Crippen LogP contribution in [0, 0.1) is 23.1 Å². The minimum Gasteiger partial charge on any atom is -0.496 e. The number of amides is 3. The summed E-state index contributed by atoms with van der Waals surface area (Å²) in [5.41, 5.74) is 1.59. The van der Waals surface area contributed by atoms with Crippen LogP contribution in [-0.4, -0.2) is 49.6 Å². The number of hydrogen-bond donors (Lipinski definition) is 2. The monoisotopic (exact) mass is 402 g/mol. The fourth-order valence-corrected chi connectivity index (χ4v) is 3.22. The zero-order chi connectivity index (χ0) is 21.4. The first kappa shape index (κ1) is 22.2. The van der Waals surface area contributed by atoms with Crippen LogP contribution >= 0.6 is 0 Å². The van der Waals surface area contributed by atoms with Crippen LogP contribution in [0.25, 0.3) is 5.57 Å². The van der Waals surface area contributed by atoms with E-state index in [0.29, 0.717) is 37.2 Å². The minimum atomic E-state index is -0.704. The van der Waals surface area contributed by atoms with Gasteiger partial charge in [-0.25, -0.2) is 9.18 Å². The van der Waals surface area contributed by atoms with Crippen LogP contribution in [-0.2, 0) is 4.79 Å². The summed E-state index contributed by atoms with van der Waals surface area (Å²) >= 11 is 0. The number of nitrogens with zero attached hydrogens (tertiary/aromatic N) is 2. The molecule has 1 heterocycles. The second-order valence-electron chi connectivity index (χ2n) is 7.28. The van der Waals surface area contributed by atoms with Crippen molar-refractivity contribution in [3.05, 3.63) is 35.7 Å². The highest BCUT2D eigenvalue weighted by Crippen LogP contribution is 2.31. The number of rotatable bonds is 7. The highest BCUT2D eigenvalue weighted by Gasteiger charge is 2.26. The molecule has 8 heteroatoms. The van der Waals surface area contributed by atoms with Gasteiger partial charge in [0.2, 0.25) is 5.91 Å². The number of hydrogen-bond acceptors (Lipinski definition) is 4. The molecule has 0 radical (unpaired) electrons. The van der Waals surface area contributed by atoms with Crippen LogP contribution in [0.3, 0.4) is 0 Å². The van der Waals surface area contributed by atoms with E-state index >= 15 is 0 Å². The Labute approximate surface area is 170 Å². The summed E-state index contributed by atoms with van der Waals surface area (Å²) in [6.45, 7) is 4.59. The molecule has 2 rings (SSSR count). The number of urea groups is 1. The maximum Gasteiger partial charge on any atom is 0.318 e. The molecule has 1 aliphatic heterocycles. The highest BCUT2D eigenvalue weighted by atomic mass is 19.1. The molecule has 1 aromatic carbocycles. The minimum absolute atomic E-state index is 0.103. The largest absolute Gasteiger partial charge is 0.496 e. The Hall–Kier alpha value is -3.08. The summed E-state index contributed by atoms with van der Waals surface area (Å²) in [7, 11) is 1.53. The molecule has 3 amide bonds. The summed E-state index contributed by atoms with van der Waals surface area (Å²) < 4.78 is 18.9. The molecular formula is C21H27FN4O3. The quantitative estimate of drug-likeness (QED) is 0.686. The van der Waals surface area contributed by atoms with Crippen LogP contribution in [0.15, 0.2) is 24.3 Å². The van der Waals surface area contributed by atoms with Gasteiger partial charge in [-0.05, 0) is 42.5 Å². The van der Waals surface area contributed by atoms with Crippen LogP contribution in [0.5, 0.6) is 5.75 Å². The SMILES string of the molecule is COc1ccc(F)cc1C1=CCN(C(=O)NC(CC(C)C)C(=O)NCC#N)CC1. The average Bonchev–Trinajstić information content (AvgIpc) is 2.71. The molecule has 1 unspecified atom stereocenters. The molecule has 0 aromatic heterocycles. The van der Waals surface area contributed by atoms with Crippen molar-refractivity contribution >= 4 is 17.5 Å². The number of carbonyl (C=O) groups is 2. The summed E-state index contributed by atoms with van der Waals surface area (Å²) in [6.07, 6.45) is 2.88. The van der Waals surface area contributed by atoms with E-state index in [1.807, 2.05) is 26.0 Å². The zero-order valence-electron chi connectivity index (χ0n) is 17.0. The molecule has 156 valence electrons. The normalized spacial score (nSPS) is 14.6. The van der Waals surface area contributed by atoms with E-state index < -0.39 is 6.04 Å². The van der Waals surface area contributed by atoms with E-state index in [4.69, 9.17) is 10.00 Å². The van der Waals surface area contributed by atoms with E-state index in [9.17, 15) is 14.0 Å². The van der Waals surface area contributed by atoms with Gasteiger partial charge in [0.25, 0.3) is 0 Å². The standard InChI is InChI=1S/C21H27FN4O3/c1-14(2)12-18(20(27)24-9-8-23)25-21(28)26-10-6-15(7-11-26)17-13-16(22)4-5-19(17)29-3/h4-6,13-14,18H,7,9-12H2,1-3H3,(H,24,27)(H,25,28). The molecule has 0 fully saturated rings. The van der Waals surface area contributed by atoms with Crippen molar-refractivity contribution in [2.24, 2.45) is 5.92 Å². The first-order valence-corrected chi connectivity index (χ1v) is 9.58. The molecule has 2 N–H and O–H groups in total. The Balaban J connectivity index is 2.05. The van der Waals surface area contributed by atoms with E-state index in [1.54, 1.807) is 11.0 Å². The predicted molar refractivity (Wildman–Crippen MR) is 108 cm³/mol. The maximum atomic E-state index is 13.6. The van der Waals surface area contributed by atoms with Crippen molar-refractivity contribution in [1.82, 2.24) is 15.5 Å². The van der Waals surface area contributed by atoms with Crippen molar-refractivity contribution in [3.8, 4) is 11.8 Å². The van der Waals surface area contributed by atoms with Gasteiger partial charge in [0.15, 0.2) is 0 Å². The lowest BCUT2D eigenvalue weighted by Crippen LogP contribution is -2.52. The fourth-order valence-electron chi connectivity index (χ4n) is 3.22. The van der Waals surface area contributed by atoms with Crippen molar-refractivity contribution in [2.75, 3.05) is 26.7 Å². The topological polar surface area (TPSA) is 94.5 Å². The number of methoxy groups -OCH3 is 1. The lowest BCUT2D eigenvalue weighted by atomic mass is 9.98. The first-order valence-electron chi connectivity index (χ1n) is 9.58. The lowest BCUT2D eigenvalue weighted by molar-refractivity contribution is -0.123.